The van der Waals surface area contributed by atoms with Crippen LogP contribution in [0.3, 0.4) is 0 Å². The van der Waals surface area contributed by atoms with Crippen molar-refractivity contribution in [1.29, 1.82) is 0 Å². The zero-order chi connectivity index (χ0) is 8.97. The highest BCUT2D eigenvalue weighted by atomic mass is 15.1. The third kappa shape index (κ3) is 3.55. The molecule has 0 aromatic carbocycles. The van der Waals surface area contributed by atoms with Crippen molar-refractivity contribution in [3.05, 3.63) is 0 Å². The average Bonchev–Trinajstić information content (AvgIpc) is 2.80. The van der Waals surface area contributed by atoms with Crippen molar-refractivity contribution in [3.63, 3.8) is 0 Å². The van der Waals surface area contributed by atoms with Crippen molar-refractivity contribution in [1.82, 2.24) is 4.90 Å². The monoisotopic (exact) mass is 170 g/mol. The second-order valence-corrected chi connectivity index (χ2v) is 4.15. The van der Waals surface area contributed by atoms with Crippen LogP contribution < -0.4 is 5.73 Å². The van der Waals surface area contributed by atoms with Crippen molar-refractivity contribution in [2.24, 2.45) is 11.7 Å². The second kappa shape index (κ2) is 4.83. The Balaban J connectivity index is 2.11. The predicted molar refractivity (Wildman–Crippen MR) is 53.1 cm³/mol. The molecular weight excluding hydrogens is 148 g/mol. The molecule has 0 radical (unpaired) electrons. The van der Waals surface area contributed by atoms with Crippen molar-refractivity contribution < 1.29 is 0 Å². The first-order valence-electron chi connectivity index (χ1n) is 5.18. The van der Waals surface area contributed by atoms with E-state index in [1.54, 1.807) is 0 Å². The molecule has 0 aliphatic heterocycles. The van der Waals surface area contributed by atoms with E-state index in [0.29, 0.717) is 6.04 Å². The third-order valence-corrected chi connectivity index (χ3v) is 2.67. The maximum absolute atomic E-state index is 5.55. The van der Waals surface area contributed by atoms with E-state index in [9.17, 15) is 0 Å². The van der Waals surface area contributed by atoms with Crippen LogP contribution in [-0.4, -0.2) is 30.6 Å². The summed E-state index contributed by atoms with van der Waals surface area (Å²) in [5.74, 6) is 1.05. The Morgan fingerprint density at radius 1 is 1.33 bits per heavy atom. The van der Waals surface area contributed by atoms with Crippen LogP contribution in [0.4, 0.5) is 0 Å². The van der Waals surface area contributed by atoms with Crippen LogP contribution in [0.25, 0.3) is 0 Å². The summed E-state index contributed by atoms with van der Waals surface area (Å²) < 4.78 is 0. The van der Waals surface area contributed by atoms with Gasteiger partial charge in [-0.05, 0) is 32.7 Å². The fourth-order valence-corrected chi connectivity index (χ4v) is 1.55. The number of nitrogens with zero attached hydrogens (tertiary/aromatic N) is 1. The molecule has 0 atom stereocenters. The first kappa shape index (κ1) is 10.0. The molecule has 2 heteroatoms. The molecular formula is C10H22N2. The highest BCUT2D eigenvalue weighted by Gasteiger charge is 2.22. The van der Waals surface area contributed by atoms with Gasteiger partial charge in [0.1, 0.15) is 0 Å². The lowest BCUT2D eigenvalue weighted by atomic mass is 10.2. The second-order valence-electron chi connectivity index (χ2n) is 4.15. The summed E-state index contributed by atoms with van der Waals surface area (Å²) in [6.07, 6.45) is 4.32. The summed E-state index contributed by atoms with van der Waals surface area (Å²) in [5, 5.41) is 0. The maximum Gasteiger partial charge on any atom is 0.0107 e. The topological polar surface area (TPSA) is 29.3 Å². The first-order chi connectivity index (χ1) is 5.74. The Morgan fingerprint density at radius 2 is 2.00 bits per heavy atom. The van der Waals surface area contributed by atoms with Crippen molar-refractivity contribution in [3.8, 4) is 0 Å². The van der Waals surface area contributed by atoms with Crippen LogP contribution in [-0.2, 0) is 0 Å². The molecule has 2 N–H and O–H groups in total. The van der Waals surface area contributed by atoms with Crippen LogP contribution in [0, 0.1) is 5.92 Å². The lowest BCUT2D eigenvalue weighted by Gasteiger charge is -2.25. The summed E-state index contributed by atoms with van der Waals surface area (Å²) >= 11 is 0. The number of rotatable bonds is 6. The van der Waals surface area contributed by atoms with E-state index in [0.717, 1.165) is 19.0 Å². The molecule has 72 valence electrons. The molecule has 0 aromatic heterocycles. The molecule has 1 aliphatic carbocycles. The summed E-state index contributed by atoms with van der Waals surface area (Å²) in [6, 6.07) is 0.660. The molecule has 2 nitrogen and oxygen atoms in total. The Morgan fingerprint density at radius 3 is 2.42 bits per heavy atom. The van der Waals surface area contributed by atoms with Gasteiger partial charge in [-0.1, -0.05) is 12.8 Å². The smallest absolute Gasteiger partial charge is 0.0107 e. The molecule has 0 aromatic rings. The summed E-state index contributed by atoms with van der Waals surface area (Å²) in [5.41, 5.74) is 5.55. The van der Waals surface area contributed by atoms with Crippen molar-refractivity contribution in [2.75, 3.05) is 19.6 Å². The van der Waals surface area contributed by atoms with E-state index >= 15 is 0 Å². The van der Waals surface area contributed by atoms with Gasteiger partial charge >= 0.3 is 0 Å². The molecule has 0 unspecified atom stereocenters. The lowest BCUT2D eigenvalue weighted by molar-refractivity contribution is 0.221. The molecule has 1 fully saturated rings. The van der Waals surface area contributed by atoms with Gasteiger partial charge in [0.15, 0.2) is 0 Å². The molecule has 12 heavy (non-hydrogen) atoms. The maximum atomic E-state index is 5.55. The largest absolute Gasteiger partial charge is 0.329 e. The van der Waals surface area contributed by atoms with E-state index in [1.165, 1.54) is 25.8 Å². The normalized spacial score (nSPS) is 17.8. The highest BCUT2D eigenvalue weighted by Crippen LogP contribution is 2.32. The van der Waals surface area contributed by atoms with Crippen LogP contribution in [0.1, 0.15) is 33.1 Å². The standard InChI is InChI=1S/C10H22N2/c1-9(2)12(8-6-11)7-5-10-3-4-10/h9-10H,3-8,11H2,1-2H3. The molecule has 0 amide bonds. The van der Waals surface area contributed by atoms with Gasteiger partial charge < -0.3 is 5.73 Å². The zero-order valence-corrected chi connectivity index (χ0v) is 8.42. The van der Waals surface area contributed by atoms with Gasteiger partial charge in [-0.2, -0.15) is 0 Å². The fourth-order valence-electron chi connectivity index (χ4n) is 1.55. The first-order valence-corrected chi connectivity index (χ1v) is 5.18. The van der Waals surface area contributed by atoms with E-state index in [2.05, 4.69) is 18.7 Å². The van der Waals surface area contributed by atoms with Gasteiger partial charge in [-0.25, -0.2) is 0 Å². The van der Waals surface area contributed by atoms with Crippen LogP contribution in [0.2, 0.25) is 0 Å². The summed E-state index contributed by atoms with van der Waals surface area (Å²) in [7, 11) is 0. The third-order valence-electron chi connectivity index (χ3n) is 2.67. The molecule has 0 saturated heterocycles. The quantitative estimate of drug-likeness (QED) is 0.654. The zero-order valence-electron chi connectivity index (χ0n) is 8.42. The predicted octanol–water partition coefficient (Wildman–Crippen LogP) is 1.46. The van der Waals surface area contributed by atoms with Crippen LogP contribution >= 0.6 is 0 Å². The van der Waals surface area contributed by atoms with Gasteiger partial charge in [-0.3, -0.25) is 4.90 Å². The van der Waals surface area contributed by atoms with E-state index < -0.39 is 0 Å². The van der Waals surface area contributed by atoms with Gasteiger partial charge in [0.25, 0.3) is 0 Å². The van der Waals surface area contributed by atoms with Crippen LogP contribution in [0.5, 0.6) is 0 Å². The fraction of sp³-hybridized carbons (Fsp3) is 1.00. The lowest BCUT2D eigenvalue weighted by Crippen LogP contribution is -2.36. The van der Waals surface area contributed by atoms with Gasteiger partial charge in [0.2, 0.25) is 0 Å². The molecule has 1 rings (SSSR count). The molecule has 0 bridgehead atoms. The van der Waals surface area contributed by atoms with Gasteiger partial charge in [-0.15, -0.1) is 0 Å². The SMILES string of the molecule is CC(C)N(CCN)CCC1CC1. The van der Waals surface area contributed by atoms with Crippen LogP contribution in [0.15, 0.2) is 0 Å². The summed E-state index contributed by atoms with van der Waals surface area (Å²) in [4.78, 5) is 2.48. The Kier molecular flexibility index (Phi) is 4.02. The highest BCUT2D eigenvalue weighted by molar-refractivity contribution is 4.75. The van der Waals surface area contributed by atoms with Gasteiger partial charge in [0.05, 0.1) is 0 Å². The van der Waals surface area contributed by atoms with E-state index in [-0.39, 0.29) is 0 Å². The number of nitrogens with two attached hydrogens (primary N) is 1. The Labute approximate surface area is 76.1 Å². The number of hydrogen-bond acceptors (Lipinski definition) is 2. The van der Waals surface area contributed by atoms with Crippen molar-refractivity contribution >= 4 is 0 Å². The molecule has 1 saturated carbocycles. The minimum Gasteiger partial charge on any atom is -0.329 e. The van der Waals surface area contributed by atoms with E-state index in [1.807, 2.05) is 0 Å². The average molecular weight is 170 g/mol. The number of hydrogen-bond donors (Lipinski definition) is 1. The van der Waals surface area contributed by atoms with E-state index in [4.69, 9.17) is 5.73 Å². The molecule has 0 spiro atoms. The van der Waals surface area contributed by atoms with Gasteiger partial charge in [0, 0.05) is 19.1 Å². The molecule has 0 heterocycles. The Hall–Kier alpha value is -0.0800. The van der Waals surface area contributed by atoms with Crippen molar-refractivity contribution in [2.45, 2.75) is 39.2 Å². The summed E-state index contributed by atoms with van der Waals surface area (Å²) in [6.45, 7) is 7.61. The molecule has 1 aliphatic rings. The Bertz CT molecular complexity index is 119. The minimum atomic E-state index is 0.660. The minimum absolute atomic E-state index is 0.660.